The Morgan fingerprint density at radius 3 is 2.58 bits per heavy atom. The predicted molar refractivity (Wildman–Crippen MR) is 103 cm³/mol. The molecule has 0 atom stereocenters. The highest BCUT2D eigenvalue weighted by Crippen LogP contribution is 2.32. The second kappa shape index (κ2) is 7.38. The first-order chi connectivity index (χ1) is 11.5. The first-order valence-corrected chi connectivity index (χ1v) is 8.88. The van der Waals surface area contributed by atoms with Gasteiger partial charge in [0.2, 0.25) is 0 Å². The van der Waals surface area contributed by atoms with Crippen LogP contribution in [0.4, 0.5) is 4.39 Å². The quantitative estimate of drug-likeness (QED) is 0.405. The lowest BCUT2D eigenvalue weighted by atomic mass is 10.2. The molecule has 0 saturated carbocycles. The fourth-order valence-electron chi connectivity index (χ4n) is 1.97. The Morgan fingerprint density at radius 1 is 1.17 bits per heavy atom. The fourth-order valence-corrected chi connectivity index (χ4v) is 3.41. The third kappa shape index (κ3) is 3.80. The van der Waals surface area contributed by atoms with Crippen molar-refractivity contribution in [2.24, 2.45) is 5.10 Å². The number of thiocarbonyl (C=S) groups is 1. The summed E-state index contributed by atoms with van der Waals surface area (Å²) in [4.78, 5) is 12.9. The van der Waals surface area contributed by atoms with Crippen LogP contribution in [0.5, 0.6) is 0 Å². The Bertz CT molecular complexity index is 865. The number of carbonyl (C=O) groups excluding carboxylic acids is 1. The monoisotopic (exact) mass is 420 g/mol. The molecule has 0 unspecified atom stereocenters. The van der Waals surface area contributed by atoms with Gasteiger partial charge in [-0.2, -0.15) is 10.1 Å². The Kier molecular flexibility index (Phi) is 5.23. The molecule has 1 heterocycles. The first kappa shape index (κ1) is 17.0. The van der Waals surface area contributed by atoms with Crippen molar-refractivity contribution in [3.63, 3.8) is 0 Å². The van der Waals surface area contributed by atoms with E-state index in [0.717, 1.165) is 15.0 Å². The molecule has 1 saturated heterocycles. The maximum absolute atomic E-state index is 13.6. The van der Waals surface area contributed by atoms with E-state index in [1.54, 1.807) is 24.3 Å². The van der Waals surface area contributed by atoms with Gasteiger partial charge in [-0.25, -0.2) is 4.39 Å². The normalized spacial score (nSPS) is 16.6. The minimum atomic E-state index is -0.405. The topological polar surface area (TPSA) is 32.7 Å². The summed E-state index contributed by atoms with van der Waals surface area (Å²) in [6.07, 6.45) is 3.05. The van der Waals surface area contributed by atoms with Crippen molar-refractivity contribution < 1.29 is 9.18 Å². The van der Waals surface area contributed by atoms with E-state index in [1.807, 2.05) is 24.3 Å². The van der Waals surface area contributed by atoms with Gasteiger partial charge < -0.3 is 0 Å². The summed E-state index contributed by atoms with van der Waals surface area (Å²) >= 11 is 9.73. The van der Waals surface area contributed by atoms with Crippen LogP contribution in [0.2, 0.25) is 0 Å². The number of amides is 1. The maximum Gasteiger partial charge on any atom is 0.286 e. The van der Waals surface area contributed by atoms with Crippen molar-refractivity contribution in [3.8, 4) is 0 Å². The summed E-state index contributed by atoms with van der Waals surface area (Å²) in [7, 11) is 0. The molecule has 0 aliphatic carbocycles. The lowest BCUT2D eigenvalue weighted by Crippen LogP contribution is -2.22. The molecule has 24 heavy (non-hydrogen) atoms. The molecule has 0 spiro atoms. The van der Waals surface area contributed by atoms with E-state index in [9.17, 15) is 9.18 Å². The average Bonchev–Trinajstić information content (AvgIpc) is 2.83. The van der Waals surface area contributed by atoms with Crippen molar-refractivity contribution in [3.05, 3.63) is 74.9 Å². The molecule has 120 valence electrons. The van der Waals surface area contributed by atoms with Crippen LogP contribution < -0.4 is 0 Å². The van der Waals surface area contributed by atoms with Crippen LogP contribution in [0.15, 0.2) is 63.0 Å². The van der Waals surface area contributed by atoms with Crippen LogP contribution >= 0.6 is 39.9 Å². The lowest BCUT2D eigenvalue weighted by Gasteiger charge is -2.06. The van der Waals surface area contributed by atoms with E-state index in [4.69, 9.17) is 12.2 Å². The molecule has 2 aromatic carbocycles. The zero-order valence-corrected chi connectivity index (χ0v) is 15.4. The molecule has 3 nitrogen and oxygen atoms in total. The number of carbonyl (C=O) groups is 1. The zero-order chi connectivity index (χ0) is 17.1. The Morgan fingerprint density at radius 2 is 1.88 bits per heavy atom. The largest absolute Gasteiger partial charge is 0.286 e. The second-order valence-electron chi connectivity index (χ2n) is 4.81. The SMILES string of the molecule is O=C1/C(=C\c2ccc(Br)cc2)SC(=S)N1/N=C/c1ccccc1F. The third-order valence-corrected chi connectivity index (χ3v) is 4.97. The minimum absolute atomic E-state index is 0.295. The second-order valence-corrected chi connectivity index (χ2v) is 7.40. The zero-order valence-electron chi connectivity index (χ0n) is 12.1. The summed E-state index contributed by atoms with van der Waals surface area (Å²) < 4.78 is 14.9. The van der Waals surface area contributed by atoms with Crippen LogP contribution in [-0.2, 0) is 4.79 Å². The van der Waals surface area contributed by atoms with Gasteiger partial charge in [-0.3, -0.25) is 4.79 Å². The number of rotatable bonds is 3. The summed E-state index contributed by atoms with van der Waals surface area (Å²) in [5, 5.41) is 5.14. The van der Waals surface area contributed by atoms with E-state index in [0.29, 0.717) is 14.8 Å². The molecule has 1 aliphatic rings. The van der Waals surface area contributed by atoms with E-state index < -0.39 is 5.82 Å². The van der Waals surface area contributed by atoms with Crippen molar-refractivity contribution >= 4 is 62.4 Å². The van der Waals surface area contributed by atoms with Crippen LogP contribution in [0, 0.1) is 5.82 Å². The molecule has 2 aromatic rings. The molecule has 3 rings (SSSR count). The van der Waals surface area contributed by atoms with Gasteiger partial charge in [-0.15, -0.1) is 0 Å². The van der Waals surface area contributed by atoms with Gasteiger partial charge in [0.1, 0.15) is 5.82 Å². The fraction of sp³-hybridized carbons (Fsp3) is 0. The van der Waals surface area contributed by atoms with Crippen molar-refractivity contribution in [1.82, 2.24) is 5.01 Å². The molecule has 0 radical (unpaired) electrons. The number of hydrogen-bond donors (Lipinski definition) is 0. The van der Waals surface area contributed by atoms with Gasteiger partial charge in [-0.05, 0) is 42.1 Å². The number of nitrogens with zero attached hydrogens (tertiary/aromatic N) is 2. The average molecular weight is 421 g/mol. The summed E-state index contributed by atoms with van der Waals surface area (Å²) in [6.45, 7) is 0. The van der Waals surface area contributed by atoms with Gasteiger partial charge in [0.15, 0.2) is 4.32 Å². The number of halogens is 2. The molecular formula is C17H10BrFN2OS2. The van der Waals surface area contributed by atoms with E-state index in [-0.39, 0.29) is 5.91 Å². The van der Waals surface area contributed by atoms with Crippen molar-refractivity contribution in [2.75, 3.05) is 0 Å². The van der Waals surface area contributed by atoms with Gasteiger partial charge >= 0.3 is 0 Å². The predicted octanol–water partition coefficient (Wildman–Crippen LogP) is 4.82. The van der Waals surface area contributed by atoms with Crippen LogP contribution in [0.25, 0.3) is 6.08 Å². The van der Waals surface area contributed by atoms with Gasteiger partial charge in [-0.1, -0.05) is 58.0 Å². The molecular weight excluding hydrogens is 411 g/mol. The molecule has 0 bridgehead atoms. The molecule has 7 heteroatoms. The number of thioether (sulfide) groups is 1. The Hall–Kier alpha value is -1.83. The lowest BCUT2D eigenvalue weighted by molar-refractivity contribution is -0.122. The molecule has 0 N–H and O–H groups in total. The Balaban J connectivity index is 1.82. The number of benzene rings is 2. The van der Waals surface area contributed by atoms with E-state index in [1.165, 1.54) is 24.0 Å². The number of hydrogen-bond acceptors (Lipinski definition) is 4. The van der Waals surface area contributed by atoms with E-state index in [2.05, 4.69) is 21.0 Å². The standard InChI is InChI=1S/C17H10BrFN2OS2/c18-13-7-5-11(6-8-13)9-15-16(22)21(17(23)24-15)20-10-12-3-1-2-4-14(12)19/h1-10H/b15-9+,20-10+. The smallest absolute Gasteiger partial charge is 0.266 e. The van der Waals surface area contributed by atoms with Gasteiger partial charge in [0.25, 0.3) is 5.91 Å². The molecule has 1 amide bonds. The van der Waals surface area contributed by atoms with Crippen molar-refractivity contribution in [1.29, 1.82) is 0 Å². The van der Waals surface area contributed by atoms with E-state index >= 15 is 0 Å². The molecule has 0 aromatic heterocycles. The number of hydrazone groups is 1. The molecule has 1 aliphatic heterocycles. The summed E-state index contributed by atoms with van der Waals surface area (Å²) in [6, 6.07) is 13.8. The van der Waals surface area contributed by atoms with Crippen LogP contribution in [0.3, 0.4) is 0 Å². The highest BCUT2D eigenvalue weighted by atomic mass is 79.9. The highest BCUT2D eigenvalue weighted by Gasteiger charge is 2.32. The van der Waals surface area contributed by atoms with Gasteiger partial charge in [0, 0.05) is 10.0 Å². The van der Waals surface area contributed by atoms with Crippen LogP contribution in [0.1, 0.15) is 11.1 Å². The molecule has 1 fully saturated rings. The summed E-state index contributed by atoms with van der Waals surface area (Å²) in [5.41, 5.74) is 1.18. The summed E-state index contributed by atoms with van der Waals surface area (Å²) in [5.74, 6) is -0.724. The van der Waals surface area contributed by atoms with Crippen LogP contribution in [-0.4, -0.2) is 21.5 Å². The Labute approximate surface area is 156 Å². The first-order valence-electron chi connectivity index (χ1n) is 6.86. The third-order valence-electron chi connectivity index (χ3n) is 3.16. The highest BCUT2D eigenvalue weighted by molar-refractivity contribution is 9.10. The minimum Gasteiger partial charge on any atom is -0.266 e. The van der Waals surface area contributed by atoms with Crippen molar-refractivity contribution in [2.45, 2.75) is 0 Å². The maximum atomic E-state index is 13.6. The van der Waals surface area contributed by atoms with Gasteiger partial charge in [0.05, 0.1) is 11.1 Å².